The Morgan fingerprint density at radius 1 is 0.903 bits per heavy atom. The van der Waals surface area contributed by atoms with E-state index < -0.39 is 0 Å². The van der Waals surface area contributed by atoms with Gasteiger partial charge in [-0.05, 0) is 35.4 Å². The largest absolute Gasteiger partial charge is 0.379 e. The van der Waals surface area contributed by atoms with E-state index in [1.165, 1.54) is 23.3 Å². The van der Waals surface area contributed by atoms with Gasteiger partial charge < -0.3 is 20.3 Å². The topological polar surface area (TPSA) is 57.3 Å². The second-order valence-electron chi connectivity index (χ2n) is 7.78. The summed E-state index contributed by atoms with van der Waals surface area (Å²) in [6.45, 7) is 8.36. The molecular formula is C23H31FIN5O. The average Bonchev–Trinajstić information content (AvgIpc) is 2.80. The van der Waals surface area contributed by atoms with Crippen LogP contribution < -0.4 is 10.6 Å². The van der Waals surface area contributed by atoms with Crippen molar-refractivity contribution in [1.29, 1.82) is 0 Å². The van der Waals surface area contributed by atoms with E-state index in [1.807, 2.05) is 12.1 Å². The second-order valence-corrected chi connectivity index (χ2v) is 7.78. The third kappa shape index (κ3) is 6.54. The predicted molar refractivity (Wildman–Crippen MR) is 133 cm³/mol. The van der Waals surface area contributed by atoms with Crippen molar-refractivity contribution in [2.24, 2.45) is 10.7 Å². The van der Waals surface area contributed by atoms with Crippen LogP contribution in [-0.2, 0) is 17.8 Å². The van der Waals surface area contributed by atoms with Crippen molar-refractivity contribution in [1.82, 2.24) is 9.80 Å². The van der Waals surface area contributed by atoms with Crippen LogP contribution >= 0.6 is 24.0 Å². The first-order valence-electron chi connectivity index (χ1n) is 10.6. The lowest BCUT2D eigenvalue weighted by Gasteiger charge is -2.36. The lowest BCUT2D eigenvalue weighted by atomic mass is 10.1. The van der Waals surface area contributed by atoms with Crippen molar-refractivity contribution < 1.29 is 9.13 Å². The minimum atomic E-state index is -0.206. The van der Waals surface area contributed by atoms with Gasteiger partial charge in [0.1, 0.15) is 5.82 Å². The first kappa shape index (κ1) is 23.7. The number of nitrogens with two attached hydrogens (primary N) is 1. The highest BCUT2D eigenvalue weighted by Gasteiger charge is 2.19. The number of ether oxygens (including phenoxy) is 1. The van der Waals surface area contributed by atoms with Crippen LogP contribution in [0.25, 0.3) is 0 Å². The number of hydrogen-bond donors (Lipinski definition) is 1. The number of halogens is 2. The van der Waals surface area contributed by atoms with Crippen molar-refractivity contribution in [3.63, 3.8) is 0 Å². The van der Waals surface area contributed by atoms with E-state index in [2.05, 4.69) is 39.0 Å². The van der Waals surface area contributed by atoms with Crippen molar-refractivity contribution in [2.45, 2.75) is 13.1 Å². The van der Waals surface area contributed by atoms with Gasteiger partial charge in [0.05, 0.1) is 19.8 Å². The summed E-state index contributed by atoms with van der Waals surface area (Å²) in [5.74, 6) is 0.387. The van der Waals surface area contributed by atoms with E-state index >= 15 is 0 Å². The molecule has 8 heteroatoms. The Kier molecular flexibility index (Phi) is 8.91. The molecule has 0 radical (unpaired) electrons. The molecule has 2 aliphatic heterocycles. The maximum Gasteiger partial charge on any atom is 0.191 e. The second kappa shape index (κ2) is 11.6. The van der Waals surface area contributed by atoms with Gasteiger partial charge in [-0.25, -0.2) is 9.38 Å². The minimum Gasteiger partial charge on any atom is -0.379 e. The Morgan fingerprint density at radius 2 is 1.55 bits per heavy atom. The van der Waals surface area contributed by atoms with Gasteiger partial charge in [0, 0.05) is 51.5 Å². The van der Waals surface area contributed by atoms with Crippen LogP contribution in [0.3, 0.4) is 0 Å². The number of nitrogens with zero attached hydrogens (tertiary/aromatic N) is 4. The summed E-state index contributed by atoms with van der Waals surface area (Å²) in [5.41, 5.74) is 9.88. The fourth-order valence-corrected chi connectivity index (χ4v) is 3.98. The number of anilines is 1. The van der Waals surface area contributed by atoms with Crippen LogP contribution in [0.2, 0.25) is 0 Å². The lowest BCUT2D eigenvalue weighted by molar-refractivity contribution is 0.0341. The van der Waals surface area contributed by atoms with Crippen molar-refractivity contribution in [2.75, 3.05) is 57.4 Å². The summed E-state index contributed by atoms with van der Waals surface area (Å²) in [4.78, 5) is 11.5. The monoisotopic (exact) mass is 539 g/mol. The molecule has 2 aliphatic rings. The number of guanidine groups is 1. The van der Waals surface area contributed by atoms with Crippen molar-refractivity contribution in [3.8, 4) is 0 Å². The van der Waals surface area contributed by atoms with E-state index in [4.69, 9.17) is 15.5 Å². The molecule has 2 aromatic carbocycles. The lowest BCUT2D eigenvalue weighted by Crippen LogP contribution is -2.51. The van der Waals surface area contributed by atoms with Crippen LogP contribution in [0.4, 0.5) is 10.1 Å². The predicted octanol–water partition coefficient (Wildman–Crippen LogP) is 2.91. The van der Waals surface area contributed by atoms with Gasteiger partial charge in [0.15, 0.2) is 5.96 Å². The SMILES string of the molecule is I.NC(=NCc1ccccc1CN1CCOCC1)N1CCN(c2ccc(F)cc2)CC1. The Balaban J connectivity index is 0.00000272. The maximum atomic E-state index is 13.1. The summed E-state index contributed by atoms with van der Waals surface area (Å²) in [6.07, 6.45) is 0. The van der Waals surface area contributed by atoms with Crippen molar-refractivity contribution >= 4 is 35.6 Å². The summed E-state index contributed by atoms with van der Waals surface area (Å²) in [6, 6.07) is 15.1. The number of morpholine rings is 1. The van der Waals surface area contributed by atoms with E-state index in [0.29, 0.717) is 12.5 Å². The third-order valence-corrected chi connectivity index (χ3v) is 5.82. The van der Waals surface area contributed by atoms with Crippen LogP contribution in [0.1, 0.15) is 11.1 Å². The van der Waals surface area contributed by atoms with Crippen LogP contribution in [0, 0.1) is 5.82 Å². The quantitative estimate of drug-likeness (QED) is 0.360. The smallest absolute Gasteiger partial charge is 0.191 e. The van der Waals surface area contributed by atoms with E-state index in [1.54, 1.807) is 0 Å². The molecule has 2 heterocycles. The zero-order valence-corrected chi connectivity index (χ0v) is 20.1. The molecule has 0 aromatic heterocycles. The van der Waals surface area contributed by atoms with E-state index in [9.17, 15) is 4.39 Å². The zero-order valence-electron chi connectivity index (χ0n) is 17.8. The Bertz CT molecular complexity index is 849. The summed E-state index contributed by atoms with van der Waals surface area (Å²) < 4.78 is 18.6. The van der Waals surface area contributed by atoms with E-state index in [-0.39, 0.29) is 29.8 Å². The van der Waals surface area contributed by atoms with Gasteiger partial charge in [0.2, 0.25) is 0 Å². The Hall–Kier alpha value is -1.91. The molecule has 2 aromatic rings. The highest BCUT2D eigenvalue weighted by atomic mass is 127. The summed E-state index contributed by atoms with van der Waals surface area (Å²) in [7, 11) is 0. The molecule has 168 valence electrons. The molecule has 31 heavy (non-hydrogen) atoms. The van der Waals surface area contributed by atoms with Gasteiger partial charge in [-0.1, -0.05) is 24.3 Å². The molecule has 2 saturated heterocycles. The van der Waals surface area contributed by atoms with Crippen molar-refractivity contribution in [3.05, 3.63) is 65.5 Å². The minimum absolute atomic E-state index is 0. The molecular weight excluding hydrogens is 508 g/mol. The molecule has 0 aliphatic carbocycles. The third-order valence-electron chi connectivity index (χ3n) is 5.82. The highest BCUT2D eigenvalue weighted by Crippen LogP contribution is 2.17. The van der Waals surface area contributed by atoms with Gasteiger partial charge >= 0.3 is 0 Å². The molecule has 2 fully saturated rings. The molecule has 0 spiro atoms. The van der Waals surface area contributed by atoms with Crippen LogP contribution in [-0.4, -0.2) is 68.2 Å². The van der Waals surface area contributed by atoms with Gasteiger partial charge in [-0.15, -0.1) is 24.0 Å². The maximum absolute atomic E-state index is 13.1. The Labute approximate surface area is 200 Å². The fourth-order valence-electron chi connectivity index (χ4n) is 3.98. The Morgan fingerprint density at radius 3 is 2.23 bits per heavy atom. The van der Waals surface area contributed by atoms with Gasteiger partial charge in [-0.3, -0.25) is 4.90 Å². The number of aliphatic imine (C=N–C) groups is 1. The summed E-state index contributed by atoms with van der Waals surface area (Å²) in [5, 5.41) is 0. The zero-order chi connectivity index (χ0) is 20.8. The fraction of sp³-hybridized carbons (Fsp3) is 0.435. The molecule has 2 N–H and O–H groups in total. The standard InChI is InChI=1S/C23H30FN5O.HI/c24-21-5-7-22(8-6-21)28-9-11-29(12-10-28)23(25)26-17-19-3-1-2-4-20(19)18-27-13-15-30-16-14-27;/h1-8H,9-18H2,(H2,25,26);1H. The highest BCUT2D eigenvalue weighted by molar-refractivity contribution is 14.0. The molecule has 0 unspecified atom stereocenters. The van der Waals surface area contributed by atoms with Crippen LogP contribution in [0.5, 0.6) is 0 Å². The first-order chi connectivity index (χ1) is 14.7. The average molecular weight is 539 g/mol. The molecule has 6 nitrogen and oxygen atoms in total. The normalized spacial score (nSPS) is 18.0. The van der Waals surface area contributed by atoms with E-state index in [0.717, 1.165) is 64.7 Å². The molecule has 0 amide bonds. The van der Waals surface area contributed by atoms with Gasteiger partial charge in [-0.2, -0.15) is 0 Å². The number of rotatable bonds is 5. The summed E-state index contributed by atoms with van der Waals surface area (Å²) >= 11 is 0. The first-order valence-corrected chi connectivity index (χ1v) is 10.6. The molecule has 4 rings (SSSR count). The van der Waals surface area contributed by atoms with Gasteiger partial charge in [0.25, 0.3) is 0 Å². The van der Waals surface area contributed by atoms with Crippen LogP contribution in [0.15, 0.2) is 53.5 Å². The molecule has 0 atom stereocenters. The number of piperazine rings is 1. The molecule has 0 bridgehead atoms. The number of hydrogen-bond acceptors (Lipinski definition) is 4. The molecule has 0 saturated carbocycles. The number of benzene rings is 2.